The fourth-order valence-corrected chi connectivity index (χ4v) is 1.37. The van der Waals surface area contributed by atoms with E-state index in [9.17, 15) is 9.59 Å². The number of hydrogen-bond acceptors (Lipinski definition) is 3. The standard InChI is InChI=1S/C12H25N3O2.ClH/c1-12(2,3)14-10(16)9-15(5)11(17)7-6-8-13-4;/h13H,6-9H2,1-5H3,(H,14,16);1H. The minimum atomic E-state index is -0.257. The first-order valence-electron chi connectivity index (χ1n) is 5.96. The lowest BCUT2D eigenvalue weighted by Gasteiger charge is -2.23. The van der Waals surface area contributed by atoms with Crippen molar-refractivity contribution in [2.75, 3.05) is 27.2 Å². The Bertz CT molecular complexity index is 265. The summed E-state index contributed by atoms with van der Waals surface area (Å²) in [6.07, 6.45) is 1.26. The minimum Gasteiger partial charge on any atom is -0.350 e. The third-order valence-electron chi connectivity index (χ3n) is 2.14. The molecule has 0 saturated carbocycles. The van der Waals surface area contributed by atoms with Crippen LogP contribution in [0.5, 0.6) is 0 Å². The first-order chi connectivity index (χ1) is 7.76. The molecule has 0 atom stereocenters. The number of nitrogens with zero attached hydrogens (tertiary/aromatic N) is 1. The van der Waals surface area contributed by atoms with Gasteiger partial charge in [0.15, 0.2) is 0 Å². The molecule has 108 valence electrons. The van der Waals surface area contributed by atoms with Crippen LogP contribution in [-0.4, -0.2) is 49.4 Å². The summed E-state index contributed by atoms with van der Waals surface area (Å²) in [7, 11) is 3.51. The number of carbonyl (C=O) groups is 2. The van der Waals surface area contributed by atoms with Gasteiger partial charge in [-0.2, -0.15) is 0 Å². The summed E-state index contributed by atoms with van der Waals surface area (Å²) in [4.78, 5) is 24.7. The fourth-order valence-electron chi connectivity index (χ4n) is 1.37. The Morgan fingerprint density at radius 2 is 1.78 bits per heavy atom. The van der Waals surface area contributed by atoms with E-state index in [1.54, 1.807) is 7.05 Å². The number of hydrogen-bond donors (Lipinski definition) is 2. The van der Waals surface area contributed by atoms with Crippen LogP contribution in [0.1, 0.15) is 33.6 Å². The van der Waals surface area contributed by atoms with Crippen molar-refractivity contribution in [2.24, 2.45) is 0 Å². The van der Waals surface area contributed by atoms with Gasteiger partial charge in [-0.1, -0.05) is 0 Å². The number of carbonyl (C=O) groups excluding carboxylic acids is 2. The van der Waals surface area contributed by atoms with Crippen LogP contribution in [0.25, 0.3) is 0 Å². The van der Waals surface area contributed by atoms with Gasteiger partial charge in [-0.25, -0.2) is 0 Å². The second-order valence-electron chi connectivity index (χ2n) is 5.26. The first kappa shape index (κ1) is 19.5. The van der Waals surface area contributed by atoms with E-state index in [0.29, 0.717) is 6.42 Å². The Balaban J connectivity index is 0. The summed E-state index contributed by atoms with van der Waals surface area (Å²) in [5.74, 6) is -0.119. The Labute approximate surface area is 116 Å². The summed E-state index contributed by atoms with van der Waals surface area (Å²) in [5, 5.41) is 5.81. The molecule has 6 heteroatoms. The number of nitrogens with one attached hydrogen (secondary N) is 2. The van der Waals surface area contributed by atoms with Crippen LogP contribution in [0.15, 0.2) is 0 Å². The van der Waals surface area contributed by atoms with Gasteiger partial charge in [-0.3, -0.25) is 9.59 Å². The van der Waals surface area contributed by atoms with Crippen molar-refractivity contribution in [1.82, 2.24) is 15.5 Å². The van der Waals surface area contributed by atoms with Crippen LogP contribution in [0, 0.1) is 0 Å². The van der Waals surface area contributed by atoms with E-state index in [1.807, 2.05) is 27.8 Å². The highest BCUT2D eigenvalue weighted by Gasteiger charge is 2.17. The molecule has 0 saturated heterocycles. The predicted octanol–water partition coefficient (Wildman–Crippen LogP) is 0.781. The van der Waals surface area contributed by atoms with Crippen molar-refractivity contribution in [3.8, 4) is 0 Å². The van der Waals surface area contributed by atoms with Crippen LogP contribution in [0.2, 0.25) is 0 Å². The fraction of sp³-hybridized carbons (Fsp3) is 0.833. The van der Waals surface area contributed by atoms with Crippen molar-refractivity contribution < 1.29 is 9.59 Å². The molecule has 18 heavy (non-hydrogen) atoms. The molecule has 0 aliphatic rings. The molecule has 0 bridgehead atoms. The van der Waals surface area contributed by atoms with Gasteiger partial charge in [0.2, 0.25) is 11.8 Å². The van der Waals surface area contributed by atoms with Crippen molar-refractivity contribution in [3.63, 3.8) is 0 Å². The van der Waals surface area contributed by atoms with Gasteiger partial charge in [0, 0.05) is 19.0 Å². The van der Waals surface area contributed by atoms with Crippen molar-refractivity contribution in [3.05, 3.63) is 0 Å². The maximum absolute atomic E-state index is 11.6. The molecule has 0 aliphatic carbocycles. The predicted molar refractivity (Wildman–Crippen MR) is 75.9 cm³/mol. The second kappa shape index (κ2) is 9.16. The molecular formula is C12H26ClN3O2. The smallest absolute Gasteiger partial charge is 0.240 e. The van der Waals surface area contributed by atoms with Gasteiger partial charge in [0.05, 0.1) is 6.54 Å². The summed E-state index contributed by atoms with van der Waals surface area (Å²) in [5.41, 5.74) is -0.257. The number of rotatable bonds is 6. The van der Waals surface area contributed by atoms with Gasteiger partial charge in [-0.15, -0.1) is 12.4 Å². The lowest BCUT2D eigenvalue weighted by Crippen LogP contribution is -2.46. The zero-order chi connectivity index (χ0) is 13.5. The molecule has 0 radical (unpaired) electrons. The van der Waals surface area contributed by atoms with Crippen LogP contribution in [-0.2, 0) is 9.59 Å². The Kier molecular flexibility index (Phi) is 9.94. The van der Waals surface area contributed by atoms with E-state index in [1.165, 1.54) is 4.90 Å². The Morgan fingerprint density at radius 1 is 1.22 bits per heavy atom. The molecule has 0 aromatic rings. The largest absolute Gasteiger partial charge is 0.350 e. The van der Waals surface area contributed by atoms with E-state index in [0.717, 1.165) is 13.0 Å². The van der Waals surface area contributed by atoms with Crippen LogP contribution in [0.3, 0.4) is 0 Å². The van der Waals surface area contributed by atoms with E-state index in [2.05, 4.69) is 10.6 Å². The third kappa shape index (κ3) is 10.4. The third-order valence-corrected chi connectivity index (χ3v) is 2.14. The monoisotopic (exact) mass is 279 g/mol. The molecule has 0 fully saturated rings. The Morgan fingerprint density at radius 3 is 2.22 bits per heavy atom. The Hall–Kier alpha value is -0.810. The molecule has 2 amide bonds. The zero-order valence-corrected chi connectivity index (χ0v) is 12.8. The average molecular weight is 280 g/mol. The van der Waals surface area contributed by atoms with Crippen LogP contribution >= 0.6 is 12.4 Å². The summed E-state index contributed by atoms with van der Waals surface area (Å²) in [6.45, 7) is 6.68. The highest BCUT2D eigenvalue weighted by atomic mass is 35.5. The lowest BCUT2D eigenvalue weighted by molar-refractivity contribution is -0.135. The molecule has 0 aromatic carbocycles. The number of amides is 2. The molecule has 5 nitrogen and oxygen atoms in total. The SMILES string of the molecule is CNCCCC(=O)N(C)CC(=O)NC(C)(C)C.Cl. The molecule has 0 aliphatic heterocycles. The van der Waals surface area contributed by atoms with Gasteiger partial charge >= 0.3 is 0 Å². The summed E-state index contributed by atoms with van der Waals surface area (Å²) in [6, 6.07) is 0. The van der Waals surface area contributed by atoms with Crippen molar-refractivity contribution in [1.29, 1.82) is 0 Å². The molecular weight excluding hydrogens is 254 g/mol. The first-order valence-corrected chi connectivity index (χ1v) is 5.96. The van der Waals surface area contributed by atoms with Crippen molar-refractivity contribution in [2.45, 2.75) is 39.2 Å². The number of likely N-dealkylation sites (N-methyl/N-ethyl adjacent to an activating group) is 1. The number of halogens is 1. The maximum atomic E-state index is 11.6. The lowest BCUT2D eigenvalue weighted by atomic mass is 10.1. The molecule has 0 heterocycles. The summed E-state index contributed by atoms with van der Waals surface area (Å²) >= 11 is 0. The second-order valence-corrected chi connectivity index (χ2v) is 5.26. The van der Waals surface area contributed by atoms with Crippen LogP contribution < -0.4 is 10.6 Å². The molecule has 0 spiro atoms. The van der Waals surface area contributed by atoms with E-state index in [4.69, 9.17) is 0 Å². The average Bonchev–Trinajstić information content (AvgIpc) is 2.14. The quantitative estimate of drug-likeness (QED) is 0.707. The van der Waals surface area contributed by atoms with E-state index >= 15 is 0 Å². The van der Waals surface area contributed by atoms with Gasteiger partial charge in [0.1, 0.15) is 0 Å². The van der Waals surface area contributed by atoms with Gasteiger partial charge < -0.3 is 15.5 Å². The van der Waals surface area contributed by atoms with E-state index < -0.39 is 0 Å². The normalized spacial score (nSPS) is 10.5. The topological polar surface area (TPSA) is 61.4 Å². The van der Waals surface area contributed by atoms with E-state index in [-0.39, 0.29) is 36.3 Å². The van der Waals surface area contributed by atoms with Crippen LogP contribution in [0.4, 0.5) is 0 Å². The van der Waals surface area contributed by atoms with Gasteiger partial charge in [0.25, 0.3) is 0 Å². The molecule has 0 unspecified atom stereocenters. The van der Waals surface area contributed by atoms with Crippen molar-refractivity contribution >= 4 is 24.2 Å². The highest BCUT2D eigenvalue weighted by molar-refractivity contribution is 5.85. The molecule has 0 rings (SSSR count). The maximum Gasteiger partial charge on any atom is 0.240 e. The summed E-state index contributed by atoms with van der Waals surface area (Å²) < 4.78 is 0. The molecule has 2 N–H and O–H groups in total. The van der Waals surface area contributed by atoms with Gasteiger partial charge in [-0.05, 0) is 40.8 Å². The zero-order valence-electron chi connectivity index (χ0n) is 12.0. The highest BCUT2D eigenvalue weighted by Crippen LogP contribution is 1.99. The minimum absolute atomic E-state index is 0. The molecule has 0 aromatic heterocycles.